The van der Waals surface area contributed by atoms with Crippen LogP contribution in [0.5, 0.6) is 5.75 Å². The van der Waals surface area contributed by atoms with E-state index in [0.29, 0.717) is 24.5 Å². The molecule has 2 aromatic carbocycles. The lowest BCUT2D eigenvalue weighted by Gasteiger charge is -2.22. The molecule has 132 valence electrons. The Kier molecular flexibility index (Phi) is 6.83. The number of hydrogen-bond donors (Lipinski definition) is 2. The minimum Gasteiger partial charge on any atom is -0.484 e. The number of hydrogen-bond acceptors (Lipinski definition) is 3. The molecule has 0 heterocycles. The minimum absolute atomic E-state index is 0.156. The van der Waals surface area contributed by atoms with Gasteiger partial charge >= 0.3 is 6.03 Å². The van der Waals surface area contributed by atoms with E-state index in [1.54, 1.807) is 29.2 Å². The molecule has 0 aromatic heterocycles. The molecule has 25 heavy (non-hydrogen) atoms. The highest BCUT2D eigenvalue weighted by Gasteiger charge is 2.13. The van der Waals surface area contributed by atoms with Crippen LogP contribution in [-0.4, -0.2) is 30.0 Å². The number of anilines is 1. The molecule has 2 aromatic rings. The number of carbonyl (C=O) groups is 2. The second kappa shape index (κ2) is 9.32. The van der Waals surface area contributed by atoms with E-state index in [0.717, 1.165) is 12.0 Å². The molecule has 0 fully saturated rings. The van der Waals surface area contributed by atoms with Crippen LogP contribution in [0.2, 0.25) is 0 Å². The lowest BCUT2D eigenvalue weighted by molar-refractivity contribution is -0.119. The molecule has 0 atom stereocenters. The number of primary amides is 1. The number of nitrogens with two attached hydrogens (primary N) is 1. The summed E-state index contributed by atoms with van der Waals surface area (Å²) >= 11 is 0. The van der Waals surface area contributed by atoms with Gasteiger partial charge in [0.1, 0.15) is 5.75 Å². The largest absolute Gasteiger partial charge is 0.484 e. The average molecular weight is 341 g/mol. The number of nitrogens with one attached hydrogen (secondary N) is 1. The number of ether oxygens (including phenoxy) is 1. The first-order valence-electron chi connectivity index (χ1n) is 8.19. The number of carbonyl (C=O) groups excluding carboxylic acids is 2. The Morgan fingerprint density at radius 3 is 2.36 bits per heavy atom. The average Bonchev–Trinajstić information content (AvgIpc) is 2.61. The van der Waals surface area contributed by atoms with Crippen LogP contribution in [0.1, 0.15) is 18.9 Å². The molecular weight excluding hydrogens is 318 g/mol. The molecule has 0 aliphatic carbocycles. The van der Waals surface area contributed by atoms with E-state index in [1.807, 2.05) is 37.3 Å². The zero-order chi connectivity index (χ0) is 18.1. The number of nitrogens with zero attached hydrogens (tertiary/aromatic N) is 1. The van der Waals surface area contributed by atoms with Crippen LogP contribution in [0.25, 0.3) is 0 Å². The standard InChI is InChI=1S/C19H23N3O3/c1-2-12-22(13-15-6-4-3-5-7-15)19(24)21-16-8-10-17(11-9-16)25-14-18(20)23/h3-11H,2,12-14H2,1H3,(H2,20,23)(H,21,24). The summed E-state index contributed by atoms with van der Waals surface area (Å²) in [6, 6.07) is 16.5. The van der Waals surface area contributed by atoms with Crippen LogP contribution in [-0.2, 0) is 11.3 Å². The summed E-state index contributed by atoms with van der Waals surface area (Å²) in [6.45, 7) is 3.09. The smallest absolute Gasteiger partial charge is 0.322 e. The van der Waals surface area contributed by atoms with Gasteiger partial charge in [-0.15, -0.1) is 0 Å². The lowest BCUT2D eigenvalue weighted by atomic mass is 10.2. The molecule has 0 aliphatic heterocycles. The quantitative estimate of drug-likeness (QED) is 0.774. The summed E-state index contributed by atoms with van der Waals surface area (Å²) in [7, 11) is 0. The van der Waals surface area contributed by atoms with Crippen LogP contribution < -0.4 is 15.8 Å². The Morgan fingerprint density at radius 2 is 1.76 bits per heavy atom. The molecule has 0 saturated carbocycles. The van der Waals surface area contributed by atoms with E-state index in [9.17, 15) is 9.59 Å². The summed E-state index contributed by atoms with van der Waals surface area (Å²) < 4.78 is 5.19. The van der Waals surface area contributed by atoms with Crippen molar-refractivity contribution in [2.75, 3.05) is 18.5 Å². The maximum atomic E-state index is 12.5. The Morgan fingerprint density at radius 1 is 1.08 bits per heavy atom. The predicted octanol–water partition coefficient (Wildman–Crippen LogP) is 2.99. The van der Waals surface area contributed by atoms with E-state index >= 15 is 0 Å². The molecule has 0 saturated heterocycles. The topological polar surface area (TPSA) is 84.7 Å². The first-order valence-corrected chi connectivity index (χ1v) is 8.19. The van der Waals surface area contributed by atoms with Gasteiger partial charge in [-0.2, -0.15) is 0 Å². The van der Waals surface area contributed by atoms with Crippen LogP contribution >= 0.6 is 0 Å². The van der Waals surface area contributed by atoms with Gasteiger partial charge in [0, 0.05) is 18.8 Å². The fourth-order valence-corrected chi connectivity index (χ4v) is 2.32. The maximum Gasteiger partial charge on any atom is 0.322 e. The normalized spacial score (nSPS) is 10.1. The highest BCUT2D eigenvalue weighted by Crippen LogP contribution is 2.16. The third kappa shape index (κ3) is 6.18. The van der Waals surface area contributed by atoms with Crippen LogP contribution in [0, 0.1) is 0 Å². The summed E-state index contributed by atoms with van der Waals surface area (Å²) in [5.41, 5.74) is 6.78. The van der Waals surface area contributed by atoms with Gasteiger partial charge in [0.05, 0.1) is 0 Å². The Bertz CT molecular complexity index is 687. The zero-order valence-corrected chi connectivity index (χ0v) is 14.3. The van der Waals surface area contributed by atoms with Crippen LogP contribution in [0.4, 0.5) is 10.5 Å². The lowest BCUT2D eigenvalue weighted by Crippen LogP contribution is -2.35. The van der Waals surface area contributed by atoms with E-state index in [-0.39, 0.29) is 12.6 Å². The van der Waals surface area contributed by atoms with Gasteiger partial charge in [-0.05, 0) is 36.2 Å². The second-order valence-electron chi connectivity index (χ2n) is 5.62. The predicted molar refractivity (Wildman–Crippen MR) is 97.3 cm³/mol. The Balaban J connectivity index is 1.96. The van der Waals surface area contributed by atoms with Gasteiger partial charge in [-0.1, -0.05) is 37.3 Å². The first-order chi connectivity index (χ1) is 12.1. The summed E-state index contributed by atoms with van der Waals surface area (Å²) in [4.78, 5) is 25.0. The molecule has 2 rings (SSSR count). The molecule has 0 spiro atoms. The molecule has 3 amide bonds. The third-order valence-electron chi connectivity index (χ3n) is 3.48. The summed E-state index contributed by atoms with van der Waals surface area (Å²) in [5, 5.41) is 2.88. The molecule has 3 N–H and O–H groups in total. The van der Waals surface area contributed by atoms with Gasteiger partial charge in [-0.25, -0.2) is 4.79 Å². The number of benzene rings is 2. The third-order valence-corrected chi connectivity index (χ3v) is 3.48. The Labute approximate surface area is 147 Å². The van der Waals surface area contributed by atoms with Crippen LogP contribution in [0.3, 0.4) is 0 Å². The number of urea groups is 1. The van der Waals surface area contributed by atoms with Crippen molar-refractivity contribution in [3.63, 3.8) is 0 Å². The first kappa shape index (κ1) is 18.3. The van der Waals surface area contributed by atoms with E-state index in [4.69, 9.17) is 10.5 Å². The van der Waals surface area contributed by atoms with E-state index in [1.165, 1.54) is 0 Å². The molecule has 0 unspecified atom stereocenters. The number of amides is 3. The minimum atomic E-state index is -0.534. The molecule has 0 bridgehead atoms. The fourth-order valence-electron chi connectivity index (χ4n) is 2.32. The molecular formula is C19H23N3O3. The van der Waals surface area contributed by atoms with E-state index < -0.39 is 5.91 Å². The van der Waals surface area contributed by atoms with Crippen molar-refractivity contribution in [1.29, 1.82) is 0 Å². The van der Waals surface area contributed by atoms with Gasteiger partial charge in [0.25, 0.3) is 5.91 Å². The molecule has 6 nitrogen and oxygen atoms in total. The van der Waals surface area contributed by atoms with Gasteiger partial charge in [0.15, 0.2) is 6.61 Å². The highest BCUT2D eigenvalue weighted by atomic mass is 16.5. The monoisotopic (exact) mass is 341 g/mol. The highest BCUT2D eigenvalue weighted by molar-refractivity contribution is 5.89. The molecule has 0 radical (unpaired) electrons. The number of rotatable bonds is 8. The van der Waals surface area contributed by atoms with Crippen molar-refractivity contribution in [3.8, 4) is 5.75 Å². The molecule has 6 heteroatoms. The van der Waals surface area contributed by atoms with Crippen LogP contribution in [0.15, 0.2) is 54.6 Å². The van der Waals surface area contributed by atoms with E-state index in [2.05, 4.69) is 5.32 Å². The maximum absolute atomic E-state index is 12.5. The van der Waals surface area contributed by atoms with Crippen molar-refractivity contribution in [3.05, 3.63) is 60.2 Å². The fraction of sp³-hybridized carbons (Fsp3) is 0.263. The molecule has 0 aliphatic rings. The SMILES string of the molecule is CCCN(Cc1ccccc1)C(=O)Nc1ccc(OCC(N)=O)cc1. The van der Waals surface area contributed by atoms with Gasteiger partial charge < -0.3 is 20.7 Å². The van der Waals surface area contributed by atoms with Gasteiger partial charge in [-0.3, -0.25) is 4.79 Å². The summed E-state index contributed by atoms with van der Waals surface area (Å²) in [5.74, 6) is -0.0139. The van der Waals surface area contributed by atoms with Crippen molar-refractivity contribution in [2.24, 2.45) is 5.73 Å². The van der Waals surface area contributed by atoms with Gasteiger partial charge in [0.2, 0.25) is 0 Å². The summed E-state index contributed by atoms with van der Waals surface area (Å²) in [6.07, 6.45) is 0.875. The van der Waals surface area contributed by atoms with Crippen molar-refractivity contribution >= 4 is 17.6 Å². The van der Waals surface area contributed by atoms with Crippen molar-refractivity contribution in [2.45, 2.75) is 19.9 Å². The van der Waals surface area contributed by atoms with Crippen molar-refractivity contribution < 1.29 is 14.3 Å². The Hall–Kier alpha value is -3.02. The van der Waals surface area contributed by atoms with Crippen molar-refractivity contribution in [1.82, 2.24) is 4.90 Å². The second-order valence-corrected chi connectivity index (χ2v) is 5.62. The zero-order valence-electron chi connectivity index (χ0n) is 14.3.